The van der Waals surface area contributed by atoms with Gasteiger partial charge in [0.1, 0.15) is 6.61 Å². The zero-order valence-electron chi connectivity index (χ0n) is 18.5. The van der Waals surface area contributed by atoms with Crippen LogP contribution in [0, 0.1) is 11.3 Å². The predicted octanol–water partition coefficient (Wildman–Crippen LogP) is 4.35. The van der Waals surface area contributed by atoms with Crippen molar-refractivity contribution in [3.63, 3.8) is 0 Å². The van der Waals surface area contributed by atoms with E-state index in [2.05, 4.69) is 21.6 Å². The van der Waals surface area contributed by atoms with Crippen molar-refractivity contribution in [2.45, 2.75) is 63.3 Å². The number of hydrogen-bond donors (Lipinski definition) is 2. The summed E-state index contributed by atoms with van der Waals surface area (Å²) in [4.78, 5) is 15.1. The van der Waals surface area contributed by atoms with Crippen LogP contribution in [0.25, 0.3) is 0 Å². The molecule has 6 nitrogen and oxygen atoms in total. The van der Waals surface area contributed by atoms with Crippen LogP contribution in [-0.4, -0.2) is 37.3 Å². The highest BCUT2D eigenvalue weighted by atomic mass is 16.5. The van der Waals surface area contributed by atoms with Crippen molar-refractivity contribution in [3.05, 3.63) is 65.7 Å². The first-order chi connectivity index (χ1) is 15.7. The summed E-state index contributed by atoms with van der Waals surface area (Å²) in [5, 5.41) is 15.9. The molecule has 2 N–H and O–H groups in total. The quantitative estimate of drug-likeness (QED) is 0.709. The van der Waals surface area contributed by atoms with Crippen LogP contribution < -0.4 is 15.5 Å². The van der Waals surface area contributed by atoms with Gasteiger partial charge in [0.2, 0.25) is 0 Å². The zero-order valence-corrected chi connectivity index (χ0v) is 18.5. The summed E-state index contributed by atoms with van der Waals surface area (Å²) in [7, 11) is 0. The number of carbonyl (C=O) groups excluding carboxylic acids is 1. The molecule has 1 saturated carbocycles. The minimum atomic E-state index is -0.354. The Morgan fingerprint density at radius 3 is 2.56 bits per heavy atom. The first kappa shape index (κ1) is 22.2. The van der Waals surface area contributed by atoms with Gasteiger partial charge in [-0.15, -0.1) is 0 Å². The number of rotatable bonds is 6. The third-order valence-corrected chi connectivity index (χ3v) is 6.56. The van der Waals surface area contributed by atoms with Crippen LogP contribution in [0.15, 0.2) is 54.6 Å². The van der Waals surface area contributed by atoms with Crippen molar-refractivity contribution >= 4 is 11.8 Å². The van der Waals surface area contributed by atoms with Gasteiger partial charge in [-0.05, 0) is 62.1 Å². The maximum Gasteiger partial charge on any atom is 0.407 e. The third-order valence-electron chi connectivity index (χ3n) is 6.56. The maximum absolute atomic E-state index is 12.6. The number of nitrogens with one attached hydrogen (secondary N) is 2. The third kappa shape index (κ3) is 5.60. The summed E-state index contributed by atoms with van der Waals surface area (Å²) in [6.45, 7) is 2.26. The van der Waals surface area contributed by atoms with E-state index in [-0.39, 0.29) is 24.8 Å². The molecule has 0 unspecified atom stereocenters. The Morgan fingerprint density at radius 2 is 1.84 bits per heavy atom. The molecule has 32 heavy (non-hydrogen) atoms. The monoisotopic (exact) mass is 432 g/mol. The molecule has 1 heterocycles. The number of ether oxygens (including phenoxy) is 1. The van der Waals surface area contributed by atoms with E-state index >= 15 is 0 Å². The fourth-order valence-corrected chi connectivity index (χ4v) is 4.98. The van der Waals surface area contributed by atoms with Crippen LogP contribution in [0.3, 0.4) is 0 Å². The highest BCUT2D eigenvalue weighted by Gasteiger charge is 2.36. The second-order valence-corrected chi connectivity index (χ2v) is 8.73. The van der Waals surface area contributed by atoms with Crippen molar-refractivity contribution < 1.29 is 9.53 Å². The molecule has 168 valence electrons. The van der Waals surface area contributed by atoms with Gasteiger partial charge < -0.3 is 20.3 Å². The topological polar surface area (TPSA) is 77.4 Å². The van der Waals surface area contributed by atoms with Gasteiger partial charge in [-0.3, -0.25) is 0 Å². The van der Waals surface area contributed by atoms with Crippen molar-refractivity contribution in [3.8, 4) is 6.07 Å². The Morgan fingerprint density at radius 1 is 1.06 bits per heavy atom. The molecule has 1 saturated heterocycles. The Hall–Kier alpha value is -3.04. The summed E-state index contributed by atoms with van der Waals surface area (Å²) >= 11 is 0. The predicted molar refractivity (Wildman–Crippen MR) is 125 cm³/mol. The van der Waals surface area contributed by atoms with Crippen LogP contribution in [0.2, 0.25) is 0 Å². The average molecular weight is 433 g/mol. The molecule has 4 rings (SSSR count). The van der Waals surface area contributed by atoms with Crippen LogP contribution in [0.1, 0.15) is 49.7 Å². The van der Waals surface area contributed by atoms with E-state index in [0.717, 1.165) is 62.9 Å². The van der Waals surface area contributed by atoms with Gasteiger partial charge in [0.05, 0.1) is 17.7 Å². The van der Waals surface area contributed by atoms with Crippen LogP contribution in [-0.2, 0) is 11.3 Å². The highest BCUT2D eigenvalue weighted by molar-refractivity contribution is 5.68. The SMILES string of the molecule is N#Cc1ccc(N([C@H]2CCCNC2)[C@@H]2CCCC[C@H]2NC(=O)OCc2ccccc2)cc1. The Labute approximate surface area is 190 Å². The molecule has 1 aliphatic heterocycles. The number of carbonyl (C=O) groups is 1. The molecule has 0 radical (unpaired) electrons. The van der Waals surface area contributed by atoms with Crippen molar-refractivity contribution in [1.29, 1.82) is 5.26 Å². The number of nitrogens with zero attached hydrogens (tertiary/aromatic N) is 2. The van der Waals surface area contributed by atoms with E-state index in [1.807, 2.05) is 54.6 Å². The second-order valence-electron chi connectivity index (χ2n) is 8.73. The van der Waals surface area contributed by atoms with E-state index in [4.69, 9.17) is 4.74 Å². The average Bonchev–Trinajstić information content (AvgIpc) is 2.86. The lowest BCUT2D eigenvalue weighted by Gasteiger charge is -2.46. The second kappa shape index (κ2) is 11.0. The molecule has 2 fully saturated rings. The van der Waals surface area contributed by atoms with E-state index in [1.165, 1.54) is 0 Å². The summed E-state index contributed by atoms with van der Waals surface area (Å²) < 4.78 is 5.52. The number of hydrogen-bond acceptors (Lipinski definition) is 5. The summed E-state index contributed by atoms with van der Waals surface area (Å²) in [5.41, 5.74) is 2.77. The molecule has 2 aromatic rings. The van der Waals surface area contributed by atoms with Crippen LogP contribution in [0.4, 0.5) is 10.5 Å². The van der Waals surface area contributed by atoms with Gasteiger partial charge in [0, 0.05) is 24.3 Å². The molecule has 1 amide bonds. The van der Waals surface area contributed by atoms with Crippen LogP contribution >= 0.6 is 0 Å². The van der Waals surface area contributed by atoms with Gasteiger partial charge in [0.15, 0.2) is 0 Å². The molecule has 3 atom stereocenters. The van der Waals surface area contributed by atoms with Crippen molar-refractivity contribution in [1.82, 2.24) is 10.6 Å². The van der Waals surface area contributed by atoms with E-state index in [0.29, 0.717) is 11.6 Å². The Kier molecular flexibility index (Phi) is 7.63. The summed E-state index contributed by atoms with van der Waals surface area (Å²) in [6.07, 6.45) is 6.13. The Bertz CT molecular complexity index is 904. The van der Waals surface area contributed by atoms with E-state index in [1.54, 1.807) is 0 Å². The first-order valence-corrected chi connectivity index (χ1v) is 11.7. The molecular weight excluding hydrogens is 400 g/mol. The molecule has 0 spiro atoms. The first-order valence-electron chi connectivity index (χ1n) is 11.7. The number of benzene rings is 2. The normalized spacial score (nSPS) is 23.0. The number of anilines is 1. The zero-order chi connectivity index (χ0) is 22.2. The largest absolute Gasteiger partial charge is 0.445 e. The molecule has 0 aromatic heterocycles. The molecule has 2 aliphatic rings. The fourth-order valence-electron chi connectivity index (χ4n) is 4.98. The number of amides is 1. The highest BCUT2D eigenvalue weighted by Crippen LogP contribution is 2.31. The summed E-state index contributed by atoms with van der Waals surface area (Å²) in [6, 6.07) is 20.4. The van der Waals surface area contributed by atoms with Gasteiger partial charge in [0.25, 0.3) is 0 Å². The van der Waals surface area contributed by atoms with Gasteiger partial charge in [-0.1, -0.05) is 43.2 Å². The molecule has 6 heteroatoms. The lowest BCUT2D eigenvalue weighted by atomic mass is 9.87. The molecule has 0 bridgehead atoms. The molecule has 1 aliphatic carbocycles. The van der Waals surface area contributed by atoms with Crippen LogP contribution in [0.5, 0.6) is 0 Å². The summed E-state index contributed by atoms with van der Waals surface area (Å²) in [5.74, 6) is 0. The number of alkyl carbamates (subject to hydrolysis) is 1. The Balaban J connectivity index is 1.49. The maximum atomic E-state index is 12.6. The number of piperidine rings is 1. The minimum Gasteiger partial charge on any atom is -0.445 e. The molecule has 2 aromatic carbocycles. The fraction of sp³-hybridized carbons (Fsp3) is 0.462. The van der Waals surface area contributed by atoms with E-state index in [9.17, 15) is 10.1 Å². The lowest BCUT2D eigenvalue weighted by Crippen LogP contribution is -2.59. The van der Waals surface area contributed by atoms with Gasteiger partial charge >= 0.3 is 6.09 Å². The lowest BCUT2D eigenvalue weighted by molar-refractivity contribution is 0.130. The minimum absolute atomic E-state index is 0.0320. The smallest absolute Gasteiger partial charge is 0.407 e. The van der Waals surface area contributed by atoms with Gasteiger partial charge in [-0.25, -0.2) is 4.79 Å². The van der Waals surface area contributed by atoms with Gasteiger partial charge in [-0.2, -0.15) is 5.26 Å². The van der Waals surface area contributed by atoms with Crippen molar-refractivity contribution in [2.24, 2.45) is 0 Å². The number of nitriles is 1. The van der Waals surface area contributed by atoms with E-state index < -0.39 is 0 Å². The standard InChI is InChI=1S/C26H32N4O2/c27-17-20-12-14-22(15-13-20)30(23-9-6-16-28-18-23)25-11-5-4-10-24(25)29-26(31)32-19-21-7-2-1-3-8-21/h1-3,7-8,12-15,23-25,28H,4-6,9-11,16,18-19H2,(H,29,31)/t23-,24+,25+/m0/s1. The molecular formula is C26H32N4O2. The van der Waals surface area contributed by atoms with Crippen molar-refractivity contribution in [2.75, 3.05) is 18.0 Å².